The Morgan fingerprint density at radius 2 is 1.68 bits per heavy atom. The first kappa shape index (κ1) is 17.9. The van der Waals surface area contributed by atoms with Gasteiger partial charge in [0, 0.05) is 4.47 Å². The fourth-order valence-corrected chi connectivity index (χ4v) is 3.92. The van der Waals surface area contributed by atoms with E-state index in [9.17, 15) is 18.0 Å². The largest absolute Gasteiger partial charge is 0.425 e. The SMILES string of the molecule is C=C1S[C@](c2ccccc2)(C(F)(F)F)NC(=O)N1c1ccc(Br)cc1. The Balaban J connectivity index is 2.03. The molecule has 130 valence electrons. The van der Waals surface area contributed by atoms with Crippen LogP contribution in [0.25, 0.3) is 0 Å². The number of thioether (sulfide) groups is 1. The molecule has 3 rings (SSSR count). The van der Waals surface area contributed by atoms with E-state index in [0.717, 1.165) is 9.37 Å². The van der Waals surface area contributed by atoms with Gasteiger partial charge < -0.3 is 5.32 Å². The quantitative estimate of drug-likeness (QED) is 0.675. The van der Waals surface area contributed by atoms with E-state index in [4.69, 9.17) is 0 Å². The predicted octanol–water partition coefficient (Wildman–Crippen LogP) is 5.60. The summed E-state index contributed by atoms with van der Waals surface area (Å²) in [6.45, 7) is 3.70. The molecule has 0 radical (unpaired) electrons. The molecule has 0 unspecified atom stereocenters. The Hall–Kier alpha value is -1.93. The van der Waals surface area contributed by atoms with Crippen LogP contribution in [0.4, 0.5) is 23.7 Å². The van der Waals surface area contributed by atoms with Gasteiger partial charge in [-0.3, -0.25) is 4.90 Å². The molecule has 0 aliphatic carbocycles. The molecule has 3 nitrogen and oxygen atoms in total. The van der Waals surface area contributed by atoms with Crippen molar-refractivity contribution in [2.45, 2.75) is 11.0 Å². The normalized spacial score (nSPS) is 21.2. The van der Waals surface area contributed by atoms with Crippen molar-refractivity contribution in [3.8, 4) is 0 Å². The molecule has 8 heteroatoms. The van der Waals surface area contributed by atoms with Crippen LogP contribution in [0.5, 0.6) is 0 Å². The number of carbonyl (C=O) groups is 1. The van der Waals surface area contributed by atoms with Crippen LogP contribution in [0.3, 0.4) is 0 Å². The number of nitrogens with zero attached hydrogens (tertiary/aromatic N) is 1. The minimum atomic E-state index is -4.70. The molecular formula is C17H12BrF3N2OS. The van der Waals surface area contributed by atoms with Crippen molar-refractivity contribution in [3.05, 3.63) is 76.2 Å². The summed E-state index contributed by atoms with van der Waals surface area (Å²) in [5, 5.41) is 2.12. The molecule has 1 fully saturated rings. The molecule has 1 aliphatic rings. The van der Waals surface area contributed by atoms with Crippen molar-refractivity contribution in [2.24, 2.45) is 0 Å². The number of benzene rings is 2. The summed E-state index contributed by atoms with van der Waals surface area (Å²) in [5.74, 6) is 0. The maximum absolute atomic E-state index is 13.9. The maximum Gasteiger partial charge on any atom is 0.425 e. The third-order valence-corrected chi connectivity index (χ3v) is 5.49. The number of hydrogen-bond donors (Lipinski definition) is 1. The molecule has 1 saturated heterocycles. The molecule has 2 aromatic carbocycles. The lowest BCUT2D eigenvalue weighted by Crippen LogP contribution is -2.60. The van der Waals surface area contributed by atoms with Gasteiger partial charge in [-0.1, -0.05) is 64.6 Å². The lowest BCUT2D eigenvalue weighted by atomic mass is 10.1. The summed E-state index contributed by atoms with van der Waals surface area (Å²) in [5.41, 5.74) is 0.375. The van der Waals surface area contributed by atoms with Gasteiger partial charge in [0.05, 0.1) is 10.7 Å². The summed E-state index contributed by atoms with van der Waals surface area (Å²) < 4.78 is 42.5. The summed E-state index contributed by atoms with van der Waals surface area (Å²) >= 11 is 3.75. The van der Waals surface area contributed by atoms with E-state index in [0.29, 0.717) is 17.4 Å². The summed E-state index contributed by atoms with van der Waals surface area (Å²) in [7, 11) is 0. The summed E-state index contributed by atoms with van der Waals surface area (Å²) in [6, 6.07) is 13.0. The minimum absolute atomic E-state index is 0.00718. The van der Waals surface area contributed by atoms with Gasteiger partial charge in [0.25, 0.3) is 0 Å². The molecule has 2 aromatic rings. The highest BCUT2D eigenvalue weighted by Gasteiger charge is 2.61. The number of urea groups is 1. The number of nitrogens with one attached hydrogen (secondary N) is 1. The zero-order valence-electron chi connectivity index (χ0n) is 12.7. The minimum Gasteiger partial charge on any atom is -0.311 e. The van der Waals surface area contributed by atoms with Gasteiger partial charge >= 0.3 is 12.2 Å². The second-order valence-electron chi connectivity index (χ2n) is 5.28. The first-order valence-corrected chi connectivity index (χ1v) is 8.73. The molecule has 0 saturated carbocycles. The average molecular weight is 429 g/mol. The second kappa shape index (κ2) is 6.42. The molecule has 0 aromatic heterocycles. The number of halogens is 4. The molecular weight excluding hydrogens is 417 g/mol. The van der Waals surface area contributed by atoms with E-state index in [2.05, 4.69) is 27.8 Å². The Morgan fingerprint density at radius 3 is 2.20 bits per heavy atom. The van der Waals surface area contributed by atoms with Crippen LogP contribution in [0.2, 0.25) is 0 Å². The van der Waals surface area contributed by atoms with Crippen molar-refractivity contribution in [1.82, 2.24) is 5.32 Å². The Labute approximate surface area is 155 Å². The van der Waals surface area contributed by atoms with Crippen LogP contribution in [0.1, 0.15) is 5.56 Å². The van der Waals surface area contributed by atoms with Crippen LogP contribution in [-0.2, 0) is 4.87 Å². The van der Waals surface area contributed by atoms with E-state index >= 15 is 0 Å². The first-order valence-electron chi connectivity index (χ1n) is 7.12. The van der Waals surface area contributed by atoms with Gasteiger partial charge in [-0.2, -0.15) is 13.2 Å². The lowest BCUT2D eigenvalue weighted by molar-refractivity contribution is -0.167. The van der Waals surface area contributed by atoms with Crippen LogP contribution in [0.15, 0.2) is 70.7 Å². The number of amides is 2. The predicted molar refractivity (Wildman–Crippen MR) is 96.1 cm³/mol. The Bertz CT molecular complexity index is 791. The van der Waals surface area contributed by atoms with E-state index in [1.165, 1.54) is 24.3 Å². The van der Waals surface area contributed by atoms with Crippen LogP contribution in [0, 0.1) is 0 Å². The van der Waals surface area contributed by atoms with E-state index < -0.39 is 17.1 Å². The lowest BCUT2D eigenvalue weighted by Gasteiger charge is -2.43. The Kier molecular flexibility index (Phi) is 4.59. The van der Waals surface area contributed by atoms with Crippen LogP contribution < -0.4 is 10.2 Å². The molecule has 2 amide bonds. The summed E-state index contributed by atoms with van der Waals surface area (Å²) in [4.78, 5) is 11.1. The second-order valence-corrected chi connectivity index (χ2v) is 7.49. The zero-order chi connectivity index (χ0) is 18.2. The smallest absolute Gasteiger partial charge is 0.311 e. The van der Waals surface area contributed by atoms with Crippen molar-refractivity contribution in [1.29, 1.82) is 0 Å². The van der Waals surface area contributed by atoms with Gasteiger partial charge in [-0.05, 0) is 29.8 Å². The summed E-state index contributed by atoms with van der Waals surface area (Å²) in [6.07, 6.45) is -4.70. The highest BCUT2D eigenvalue weighted by molar-refractivity contribution is 9.10. The fourth-order valence-electron chi connectivity index (χ4n) is 2.52. The highest BCUT2D eigenvalue weighted by Crippen LogP contribution is 2.53. The molecule has 25 heavy (non-hydrogen) atoms. The van der Waals surface area contributed by atoms with E-state index in [1.807, 2.05) is 0 Å². The number of carbonyl (C=O) groups excluding carboxylic acids is 1. The molecule has 1 atom stereocenters. The first-order chi connectivity index (χ1) is 11.7. The highest BCUT2D eigenvalue weighted by atomic mass is 79.9. The Morgan fingerprint density at radius 1 is 1.08 bits per heavy atom. The van der Waals surface area contributed by atoms with Crippen molar-refractivity contribution >= 4 is 39.4 Å². The number of hydrogen-bond acceptors (Lipinski definition) is 2. The average Bonchev–Trinajstić information content (AvgIpc) is 2.55. The maximum atomic E-state index is 13.9. The third-order valence-electron chi connectivity index (χ3n) is 3.67. The molecule has 0 bridgehead atoms. The van der Waals surface area contributed by atoms with Gasteiger partial charge in [-0.25, -0.2) is 4.79 Å². The monoisotopic (exact) mass is 428 g/mol. The molecule has 1 aliphatic heterocycles. The van der Waals surface area contributed by atoms with Crippen molar-refractivity contribution in [2.75, 3.05) is 4.90 Å². The van der Waals surface area contributed by atoms with E-state index in [1.54, 1.807) is 30.3 Å². The molecule has 1 heterocycles. The standard InChI is InChI=1S/C17H12BrF3N2OS/c1-11-23(14-9-7-13(18)8-10-14)15(24)22-16(25-11,17(19,20)21)12-5-3-2-4-6-12/h2-10H,1H2,(H,22,24)/t16-/m1/s1. The van der Waals surface area contributed by atoms with Gasteiger partial charge in [-0.15, -0.1) is 0 Å². The van der Waals surface area contributed by atoms with Crippen molar-refractivity contribution in [3.63, 3.8) is 0 Å². The van der Waals surface area contributed by atoms with Crippen molar-refractivity contribution < 1.29 is 18.0 Å². The number of rotatable bonds is 2. The van der Waals surface area contributed by atoms with Gasteiger partial charge in [0.2, 0.25) is 4.87 Å². The zero-order valence-corrected chi connectivity index (χ0v) is 15.1. The molecule has 1 N–H and O–H groups in total. The molecule has 0 spiro atoms. The third kappa shape index (κ3) is 3.16. The number of anilines is 1. The fraction of sp³-hybridized carbons (Fsp3) is 0.118. The van der Waals surface area contributed by atoms with E-state index in [-0.39, 0.29) is 10.6 Å². The van der Waals surface area contributed by atoms with Crippen LogP contribution in [-0.4, -0.2) is 12.2 Å². The number of alkyl halides is 3. The van der Waals surface area contributed by atoms with Crippen LogP contribution >= 0.6 is 27.7 Å². The van der Waals surface area contributed by atoms with Gasteiger partial charge in [0.1, 0.15) is 0 Å². The topological polar surface area (TPSA) is 32.3 Å². The van der Waals surface area contributed by atoms with Gasteiger partial charge in [0.15, 0.2) is 0 Å².